The number of aliphatic hydroxyl groups is 1. The van der Waals surface area contributed by atoms with Crippen LogP contribution in [0.5, 0.6) is 0 Å². The van der Waals surface area contributed by atoms with Crippen molar-refractivity contribution in [1.29, 1.82) is 0 Å². The molecule has 0 bridgehead atoms. The number of aliphatic hydroxyl groups excluding tert-OH is 1. The van der Waals surface area contributed by atoms with E-state index in [1.807, 2.05) is 36.4 Å². The molecule has 0 aliphatic rings. The van der Waals surface area contributed by atoms with Crippen LogP contribution < -0.4 is 10.6 Å². The number of rotatable bonds is 3. The highest BCUT2D eigenvalue weighted by Gasteiger charge is 2.23. The van der Waals surface area contributed by atoms with Crippen LogP contribution in [0.1, 0.15) is 13.8 Å². The molecule has 0 unspecified atom stereocenters. The lowest BCUT2D eigenvalue weighted by atomic mass is 10.1. The van der Waals surface area contributed by atoms with Crippen LogP contribution in [0.4, 0.5) is 5.69 Å². The number of benzene rings is 2. The van der Waals surface area contributed by atoms with Gasteiger partial charge in [-0.15, -0.1) is 0 Å². The van der Waals surface area contributed by atoms with Gasteiger partial charge in [0.15, 0.2) is 0 Å². The Kier molecular flexibility index (Phi) is 4.23. The Morgan fingerprint density at radius 2 is 1.71 bits per heavy atom. The van der Waals surface area contributed by atoms with Gasteiger partial charge in [-0.3, -0.25) is 9.59 Å². The molecule has 2 aromatic rings. The summed E-state index contributed by atoms with van der Waals surface area (Å²) in [7, 11) is 0. The second-order valence-corrected chi connectivity index (χ2v) is 5.48. The molecule has 21 heavy (non-hydrogen) atoms. The fraction of sp³-hybridized carbons (Fsp3) is 0.250. The molecule has 5 nitrogen and oxygen atoms in total. The van der Waals surface area contributed by atoms with Gasteiger partial charge in [-0.2, -0.15) is 0 Å². The minimum Gasteiger partial charge on any atom is -0.394 e. The second kappa shape index (κ2) is 5.93. The molecule has 0 saturated heterocycles. The Bertz CT molecular complexity index is 675. The number of nitrogens with one attached hydrogen (secondary N) is 2. The molecule has 3 N–H and O–H groups in total. The van der Waals surface area contributed by atoms with Crippen LogP contribution in [0.3, 0.4) is 0 Å². The van der Waals surface area contributed by atoms with Gasteiger partial charge in [0.2, 0.25) is 0 Å². The third-order valence-corrected chi connectivity index (χ3v) is 3.09. The summed E-state index contributed by atoms with van der Waals surface area (Å²) in [6.45, 7) is 3.02. The first-order chi connectivity index (χ1) is 9.93. The highest BCUT2D eigenvalue weighted by Crippen LogP contribution is 2.22. The van der Waals surface area contributed by atoms with Crippen molar-refractivity contribution in [2.75, 3.05) is 11.9 Å². The van der Waals surface area contributed by atoms with Crippen molar-refractivity contribution in [3.05, 3.63) is 42.5 Å². The van der Waals surface area contributed by atoms with Crippen LogP contribution in [0.2, 0.25) is 0 Å². The minimum atomic E-state index is -0.840. The Balaban J connectivity index is 2.17. The van der Waals surface area contributed by atoms with Gasteiger partial charge in [0.1, 0.15) is 0 Å². The zero-order valence-electron chi connectivity index (χ0n) is 12.0. The fourth-order valence-corrected chi connectivity index (χ4v) is 1.92. The zero-order valence-corrected chi connectivity index (χ0v) is 12.0. The standard InChI is InChI=1S/C16H18N2O3/c1-16(2,10-19)18-15(21)14(20)17-13-9-5-7-11-6-3-4-8-12(11)13/h3-9,19H,10H2,1-2H3,(H,17,20)(H,18,21). The summed E-state index contributed by atoms with van der Waals surface area (Å²) in [4.78, 5) is 23.8. The van der Waals surface area contributed by atoms with E-state index in [0.29, 0.717) is 5.69 Å². The average Bonchev–Trinajstić information content (AvgIpc) is 2.47. The molecule has 0 heterocycles. The van der Waals surface area contributed by atoms with E-state index in [9.17, 15) is 9.59 Å². The van der Waals surface area contributed by atoms with Crippen molar-refractivity contribution in [1.82, 2.24) is 5.32 Å². The number of fused-ring (bicyclic) bond motifs is 1. The average molecular weight is 286 g/mol. The van der Waals surface area contributed by atoms with Gasteiger partial charge in [0.05, 0.1) is 12.1 Å². The van der Waals surface area contributed by atoms with Gasteiger partial charge in [0, 0.05) is 11.1 Å². The van der Waals surface area contributed by atoms with Crippen molar-refractivity contribution in [2.24, 2.45) is 0 Å². The summed E-state index contributed by atoms with van der Waals surface area (Å²) in [5, 5.41) is 16.0. The first-order valence-electron chi connectivity index (χ1n) is 6.65. The Labute approximate surface area is 123 Å². The number of carbonyl (C=O) groups excluding carboxylic acids is 2. The monoisotopic (exact) mass is 286 g/mol. The molecule has 0 spiro atoms. The third kappa shape index (κ3) is 3.58. The Hall–Kier alpha value is -2.40. The Morgan fingerprint density at radius 3 is 2.43 bits per heavy atom. The second-order valence-electron chi connectivity index (χ2n) is 5.48. The predicted octanol–water partition coefficient (Wildman–Crippen LogP) is 1.67. The first kappa shape index (κ1) is 15.0. The smallest absolute Gasteiger partial charge is 0.313 e. The molecular weight excluding hydrogens is 268 g/mol. The minimum absolute atomic E-state index is 0.250. The molecule has 0 aliphatic heterocycles. The van der Waals surface area contributed by atoms with Crippen molar-refractivity contribution in [3.8, 4) is 0 Å². The van der Waals surface area contributed by atoms with Crippen molar-refractivity contribution in [3.63, 3.8) is 0 Å². The molecule has 0 atom stereocenters. The van der Waals surface area contributed by atoms with E-state index in [4.69, 9.17) is 5.11 Å². The summed E-state index contributed by atoms with van der Waals surface area (Å²) in [6.07, 6.45) is 0. The summed E-state index contributed by atoms with van der Waals surface area (Å²) in [6, 6.07) is 13.1. The van der Waals surface area contributed by atoms with Gasteiger partial charge < -0.3 is 15.7 Å². The van der Waals surface area contributed by atoms with Crippen LogP contribution >= 0.6 is 0 Å². The number of carbonyl (C=O) groups is 2. The lowest BCUT2D eigenvalue weighted by Gasteiger charge is -2.22. The molecular formula is C16H18N2O3. The van der Waals surface area contributed by atoms with Crippen LogP contribution in [0.25, 0.3) is 10.8 Å². The molecule has 5 heteroatoms. The zero-order chi connectivity index (χ0) is 15.5. The number of hydrogen-bond acceptors (Lipinski definition) is 3. The summed E-state index contributed by atoms with van der Waals surface area (Å²) < 4.78 is 0. The molecule has 0 aliphatic carbocycles. The molecule has 0 radical (unpaired) electrons. The normalized spacial score (nSPS) is 11.2. The number of anilines is 1. The number of amides is 2. The summed E-state index contributed by atoms with van der Waals surface area (Å²) in [5.74, 6) is -1.53. The Morgan fingerprint density at radius 1 is 1.05 bits per heavy atom. The van der Waals surface area contributed by atoms with E-state index in [0.717, 1.165) is 10.8 Å². The van der Waals surface area contributed by atoms with Gasteiger partial charge in [-0.05, 0) is 25.3 Å². The highest BCUT2D eigenvalue weighted by atomic mass is 16.3. The molecule has 0 saturated carbocycles. The van der Waals surface area contributed by atoms with Crippen LogP contribution in [-0.4, -0.2) is 29.1 Å². The maximum atomic E-state index is 11.9. The molecule has 2 aromatic carbocycles. The van der Waals surface area contributed by atoms with Gasteiger partial charge in [-0.1, -0.05) is 36.4 Å². The van der Waals surface area contributed by atoms with Gasteiger partial charge >= 0.3 is 11.8 Å². The highest BCUT2D eigenvalue weighted by molar-refractivity contribution is 6.40. The molecule has 2 amide bonds. The lowest BCUT2D eigenvalue weighted by Crippen LogP contribution is -2.50. The predicted molar refractivity (Wildman–Crippen MR) is 81.9 cm³/mol. The molecule has 0 fully saturated rings. The summed E-state index contributed by atoms with van der Waals surface area (Å²) >= 11 is 0. The van der Waals surface area contributed by atoms with Crippen LogP contribution in [-0.2, 0) is 9.59 Å². The van der Waals surface area contributed by atoms with Gasteiger partial charge in [0.25, 0.3) is 0 Å². The van der Waals surface area contributed by atoms with Crippen molar-refractivity contribution in [2.45, 2.75) is 19.4 Å². The van der Waals surface area contributed by atoms with Crippen molar-refractivity contribution < 1.29 is 14.7 Å². The topological polar surface area (TPSA) is 78.4 Å². The molecule has 2 rings (SSSR count). The maximum absolute atomic E-state index is 11.9. The third-order valence-electron chi connectivity index (χ3n) is 3.09. The molecule has 0 aromatic heterocycles. The lowest BCUT2D eigenvalue weighted by molar-refractivity contribution is -0.137. The maximum Gasteiger partial charge on any atom is 0.313 e. The van der Waals surface area contributed by atoms with Crippen molar-refractivity contribution >= 4 is 28.3 Å². The van der Waals surface area contributed by atoms with E-state index in [1.165, 1.54) is 0 Å². The molecule has 110 valence electrons. The van der Waals surface area contributed by atoms with Crippen LogP contribution in [0, 0.1) is 0 Å². The van der Waals surface area contributed by atoms with E-state index >= 15 is 0 Å². The number of hydrogen-bond donors (Lipinski definition) is 3. The van der Waals surface area contributed by atoms with Gasteiger partial charge in [-0.25, -0.2) is 0 Å². The van der Waals surface area contributed by atoms with E-state index < -0.39 is 17.4 Å². The summed E-state index contributed by atoms with van der Waals surface area (Å²) in [5.41, 5.74) is -0.261. The SMILES string of the molecule is CC(C)(CO)NC(=O)C(=O)Nc1cccc2ccccc12. The van der Waals surface area contributed by atoms with Crippen LogP contribution in [0.15, 0.2) is 42.5 Å². The van der Waals surface area contributed by atoms with E-state index in [2.05, 4.69) is 10.6 Å². The first-order valence-corrected chi connectivity index (χ1v) is 6.65. The van der Waals surface area contributed by atoms with E-state index in [1.54, 1.807) is 19.9 Å². The fourth-order valence-electron chi connectivity index (χ4n) is 1.92. The van der Waals surface area contributed by atoms with E-state index in [-0.39, 0.29) is 6.61 Å². The quantitative estimate of drug-likeness (QED) is 0.751. The largest absolute Gasteiger partial charge is 0.394 e.